The lowest BCUT2D eigenvalue weighted by molar-refractivity contribution is -0.140. The van der Waals surface area contributed by atoms with Gasteiger partial charge in [0, 0.05) is 19.4 Å². The van der Waals surface area contributed by atoms with E-state index in [1.807, 2.05) is 34.6 Å². The Hall–Kier alpha value is -3.68. The number of hydrogen-bond acceptors (Lipinski definition) is 9. The van der Waals surface area contributed by atoms with Crippen molar-refractivity contribution in [3.05, 3.63) is 22.3 Å². The lowest BCUT2D eigenvalue weighted by Crippen LogP contribution is -2.50. The number of benzene rings is 1. The molecular weight excluding hydrogens is 662 g/mol. The Bertz CT molecular complexity index is 1490. The van der Waals surface area contributed by atoms with Crippen molar-refractivity contribution >= 4 is 40.1 Å². The summed E-state index contributed by atoms with van der Waals surface area (Å²) in [7, 11) is -2.71. The van der Waals surface area contributed by atoms with Crippen molar-refractivity contribution in [3.8, 4) is 5.75 Å². The molecule has 2 rings (SSSR count). The SMILES string of the molecule is COC(=O)CCCCCCCC(=O)N[C@H](CCCN=C(N)NS(=O)(=O)c1c(C)c(C)c2c(c1C)CCC(C)(C)O2)C(=O)NC(C=O)CC(C)C. The molecule has 1 aliphatic heterocycles. The van der Waals surface area contributed by atoms with Crippen LogP contribution in [0.15, 0.2) is 9.89 Å². The molecule has 1 unspecified atom stereocenters. The maximum atomic E-state index is 13.5. The summed E-state index contributed by atoms with van der Waals surface area (Å²) in [4.78, 5) is 53.2. The van der Waals surface area contributed by atoms with Crippen molar-refractivity contribution in [1.29, 1.82) is 0 Å². The fourth-order valence-corrected chi connectivity index (χ4v) is 7.65. The number of amides is 2. The highest BCUT2D eigenvalue weighted by Crippen LogP contribution is 2.42. The minimum absolute atomic E-state index is 0.0901. The Balaban J connectivity index is 2.04. The highest BCUT2D eigenvalue weighted by atomic mass is 32.2. The van der Waals surface area contributed by atoms with E-state index >= 15 is 0 Å². The zero-order valence-electron chi connectivity index (χ0n) is 31.2. The van der Waals surface area contributed by atoms with E-state index < -0.39 is 28.0 Å². The lowest BCUT2D eigenvalue weighted by Gasteiger charge is -2.35. The summed E-state index contributed by atoms with van der Waals surface area (Å²) in [6.07, 6.45) is 7.56. The number of methoxy groups -OCH3 is 1. The van der Waals surface area contributed by atoms with Crippen LogP contribution in [-0.2, 0) is 40.4 Å². The van der Waals surface area contributed by atoms with Gasteiger partial charge in [-0.05, 0) is 108 Å². The average Bonchev–Trinajstić information content (AvgIpc) is 3.02. The number of rotatable bonds is 20. The monoisotopic (exact) mass is 721 g/mol. The average molecular weight is 722 g/mol. The van der Waals surface area contributed by atoms with Gasteiger partial charge in [0.2, 0.25) is 17.8 Å². The first kappa shape index (κ1) is 42.5. The Morgan fingerprint density at radius 1 is 0.980 bits per heavy atom. The smallest absolute Gasteiger partial charge is 0.305 e. The van der Waals surface area contributed by atoms with Gasteiger partial charge in [0.15, 0.2) is 0 Å². The Morgan fingerprint density at radius 2 is 1.62 bits per heavy atom. The molecule has 50 heavy (non-hydrogen) atoms. The fourth-order valence-electron chi connectivity index (χ4n) is 6.13. The van der Waals surface area contributed by atoms with E-state index in [1.165, 1.54) is 7.11 Å². The lowest BCUT2D eigenvalue weighted by atomic mass is 9.88. The Kier molecular flexibility index (Phi) is 16.7. The van der Waals surface area contributed by atoms with Crippen LogP contribution in [0.2, 0.25) is 0 Å². The normalized spacial score (nSPS) is 15.3. The third-order valence-electron chi connectivity index (χ3n) is 8.99. The third-order valence-corrected chi connectivity index (χ3v) is 10.6. The van der Waals surface area contributed by atoms with Crippen molar-refractivity contribution in [2.75, 3.05) is 13.7 Å². The first-order valence-corrected chi connectivity index (χ1v) is 19.2. The van der Waals surface area contributed by atoms with Crippen LogP contribution in [0.1, 0.15) is 121 Å². The van der Waals surface area contributed by atoms with Crippen LogP contribution in [0, 0.1) is 26.7 Å². The predicted octanol–water partition coefficient (Wildman–Crippen LogP) is 4.21. The van der Waals surface area contributed by atoms with Gasteiger partial charge in [0.25, 0.3) is 10.0 Å². The molecular formula is C36H59N5O8S. The largest absolute Gasteiger partial charge is 0.487 e. The maximum absolute atomic E-state index is 13.5. The summed E-state index contributed by atoms with van der Waals surface area (Å²) in [6.45, 7) is 13.4. The number of carbonyl (C=O) groups is 4. The van der Waals surface area contributed by atoms with Crippen molar-refractivity contribution in [2.24, 2.45) is 16.6 Å². The molecule has 0 aromatic heterocycles. The van der Waals surface area contributed by atoms with E-state index in [4.69, 9.17) is 10.5 Å². The number of aliphatic imine (C=N–C) groups is 1. The van der Waals surface area contributed by atoms with E-state index in [1.54, 1.807) is 13.8 Å². The quantitative estimate of drug-likeness (QED) is 0.0502. The first-order valence-electron chi connectivity index (χ1n) is 17.7. The number of fused-ring (bicyclic) bond motifs is 1. The number of aldehydes is 1. The molecule has 13 nitrogen and oxygen atoms in total. The maximum Gasteiger partial charge on any atom is 0.305 e. The van der Waals surface area contributed by atoms with Crippen LogP contribution in [0.4, 0.5) is 0 Å². The minimum atomic E-state index is -4.07. The van der Waals surface area contributed by atoms with Gasteiger partial charge >= 0.3 is 5.97 Å². The number of nitrogens with zero attached hydrogens (tertiary/aromatic N) is 1. The zero-order chi connectivity index (χ0) is 37.6. The van der Waals surface area contributed by atoms with Crippen molar-refractivity contribution < 1.29 is 37.1 Å². The molecule has 1 aliphatic rings. The van der Waals surface area contributed by atoms with E-state index in [0.29, 0.717) is 49.5 Å². The molecule has 14 heteroatoms. The molecule has 0 saturated carbocycles. The van der Waals surface area contributed by atoms with Gasteiger partial charge in [-0.3, -0.25) is 19.4 Å². The Labute approximate surface area is 298 Å². The van der Waals surface area contributed by atoms with Crippen LogP contribution < -0.4 is 25.8 Å². The fraction of sp³-hybridized carbons (Fsp3) is 0.694. The van der Waals surface area contributed by atoms with E-state index in [0.717, 1.165) is 49.0 Å². The third kappa shape index (κ3) is 13.2. The topological polar surface area (TPSA) is 195 Å². The predicted molar refractivity (Wildman–Crippen MR) is 193 cm³/mol. The number of unbranched alkanes of at least 4 members (excludes halogenated alkanes) is 4. The number of nitrogens with two attached hydrogens (primary N) is 1. The summed E-state index contributed by atoms with van der Waals surface area (Å²) in [5.41, 5.74) is 8.53. The molecule has 282 valence electrons. The number of esters is 1. The summed E-state index contributed by atoms with van der Waals surface area (Å²) >= 11 is 0. The number of carbonyl (C=O) groups excluding carboxylic acids is 4. The van der Waals surface area contributed by atoms with E-state index in [2.05, 4.69) is 25.1 Å². The molecule has 2 amide bonds. The molecule has 0 radical (unpaired) electrons. The van der Waals surface area contributed by atoms with Gasteiger partial charge in [0.05, 0.1) is 18.0 Å². The molecule has 2 atom stereocenters. The second kappa shape index (κ2) is 19.6. The highest BCUT2D eigenvalue weighted by Gasteiger charge is 2.33. The Morgan fingerprint density at radius 3 is 2.24 bits per heavy atom. The molecule has 1 aromatic carbocycles. The van der Waals surface area contributed by atoms with Gasteiger partial charge in [-0.15, -0.1) is 0 Å². The number of hydrogen-bond donors (Lipinski definition) is 4. The van der Waals surface area contributed by atoms with E-state index in [-0.39, 0.29) is 53.6 Å². The van der Waals surface area contributed by atoms with Crippen LogP contribution in [0.5, 0.6) is 5.75 Å². The summed E-state index contributed by atoms with van der Waals surface area (Å²) in [6, 6.07) is -1.60. The standard InChI is InChI=1S/C36H59N5O8S/c1-23(2)21-27(22-42)39-34(45)29(40-30(43)16-12-10-9-11-13-17-31(44)48-8)15-14-20-38-35(37)41-50(46,47)33-25(4)24(3)32-28(26(33)5)18-19-36(6,7)49-32/h22-23,27,29H,9-21H2,1-8H3,(H,39,45)(H,40,43)(H3,37,38,41)/t27?,29-/m1/s1. The molecule has 0 bridgehead atoms. The second-order valence-corrected chi connectivity index (χ2v) is 15.9. The zero-order valence-corrected chi connectivity index (χ0v) is 32.0. The molecule has 5 N–H and O–H groups in total. The molecule has 0 fully saturated rings. The number of sulfonamides is 1. The second-order valence-electron chi connectivity index (χ2n) is 14.2. The van der Waals surface area contributed by atoms with Crippen LogP contribution in [-0.4, -0.2) is 69.8 Å². The van der Waals surface area contributed by atoms with Crippen LogP contribution in [0.3, 0.4) is 0 Å². The van der Waals surface area contributed by atoms with Crippen LogP contribution >= 0.6 is 0 Å². The summed E-state index contributed by atoms with van der Waals surface area (Å²) < 4.78 is 40.4. The van der Waals surface area contributed by atoms with Gasteiger partial charge in [-0.2, -0.15) is 0 Å². The number of nitrogens with one attached hydrogen (secondary N) is 3. The van der Waals surface area contributed by atoms with Crippen LogP contribution in [0.25, 0.3) is 0 Å². The molecule has 0 aliphatic carbocycles. The molecule has 1 aromatic rings. The number of guanidine groups is 1. The van der Waals surface area contributed by atoms with Gasteiger partial charge in [0.1, 0.15) is 23.7 Å². The van der Waals surface area contributed by atoms with Crippen molar-refractivity contribution in [1.82, 2.24) is 15.4 Å². The molecule has 0 spiro atoms. The van der Waals surface area contributed by atoms with Crippen molar-refractivity contribution in [2.45, 2.75) is 148 Å². The molecule has 1 heterocycles. The molecule has 0 saturated heterocycles. The summed E-state index contributed by atoms with van der Waals surface area (Å²) in [5.74, 6) is -0.380. The van der Waals surface area contributed by atoms with Gasteiger partial charge < -0.3 is 30.6 Å². The number of ether oxygens (including phenoxy) is 2. The minimum Gasteiger partial charge on any atom is -0.487 e. The van der Waals surface area contributed by atoms with Gasteiger partial charge in [-0.25, -0.2) is 13.1 Å². The van der Waals surface area contributed by atoms with Gasteiger partial charge in [-0.1, -0.05) is 33.1 Å². The first-order chi connectivity index (χ1) is 23.4. The van der Waals surface area contributed by atoms with Crippen molar-refractivity contribution in [3.63, 3.8) is 0 Å². The highest BCUT2D eigenvalue weighted by molar-refractivity contribution is 7.90. The summed E-state index contributed by atoms with van der Waals surface area (Å²) in [5, 5.41) is 5.52. The van der Waals surface area contributed by atoms with E-state index in [9.17, 15) is 27.6 Å².